The summed E-state index contributed by atoms with van der Waals surface area (Å²) in [4.78, 5) is 35.1. The standard InChI is InChI=1S/C17H21ClN2O5/c1-25-13-4-3-11(18)9-12(13)20-14(21)5-8-19-15(22)10-17(16(23)24)6-2-7-17/h3-4,9H,2,5-8,10H2,1H3,(H,19,22)(H,20,21)(H,23,24). The van der Waals surface area contributed by atoms with Gasteiger partial charge in [-0.2, -0.15) is 0 Å². The van der Waals surface area contributed by atoms with Gasteiger partial charge in [0.05, 0.1) is 18.2 Å². The molecule has 0 radical (unpaired) electrons. The highest BCUT2D eigenvalue weighted by atomic mass is 35.5. The number of carboxylic acids is 1. The normalized spacial score (nSPS) is 15.0. The number of hydrogen-bond donors (Lipinski definition) is 3. The van der Waals surface area contributed by atoms with E-state index in [2.05, 4.69) is 10.6 Å². The Hall–Kier alpha value is -2.28. The number of methoxy groups -OCH3 is 1. The minimum atomic E-state index is -0.931. The summed E-state index contributed by atoms with van der Waals surface area (Å²) in [5.74, 6) is -1.11. The zero-order valence-electron chi connectivity index (χ0n) is 13.9. The molecule has 2 amide bonds. The summed E-state index contributed by atoms with van der Waals surface area (Å²) in [6.45, 7) is 0.128. The van der Waals surface area contributed by atoms with E-state index in [0.717, 1.165) is 6.42 Å². The van der Waals surface area contributed by atoms with Gasteiger partial charge in [-0.05, 0) is 31.0 Å². The molecule has 0 bridgehead atoms. The van der Waals surface area contributed by atoms with Crippen molar-refractivity contribution in [1.82, 2.24) is 5.32 Å². The maximum atomic E-state index is 12.0. The summed E-state index contributed by atoms with van der Waals surface area (Å²) in [6, 6.07) is 4.86. The Morgan fingerprint density at radius 3 is 2.56 bits per heavy atom. The van der Waals surface area contributed by atoms with E-state index in [-0.39, 0.29) is 31.2 Å². The fourth-order valence-corrected chi connectivity index (χ4v) is 2.92. The Morgan fingerprint density at radius 2 is 2.00 bits per heavy atom. The summed E-state index contributed by atoms with van der Waals surface area (Å²) < 4.78 is 5.14. The summed E-state index contributed by atoms with van der Waals surface area (Å²) in [7, 11) is 1.48. The molecule has 0 atom stereocenters. The van der Waals surface area contributed by atoms with Crippen molar-refractivity contribution in [2.75, 3.05) is 19.0 Å². The molecule has 1 aromatic rings. The van der Waals surface area contributed by atoms with Gasteiger partial charge < -0.3 is 20.5 Å². The van der Waals surface area contributed by atoms with Gasteiger partial charge in [0.2, 0.25) is 11.8 Å². The first-order chi connectivity index (χ1) is 11.9. The van der Waals surface area contributed by atoms with Gasteiger partial charge in [0, 0.05) is 24.4 Å². The zero-order valence-corrected chi connectivity index (χ0v) is 14.7. The topological polar surface area (TPSA) is 105 Å². The van der Waals surface area contributed by atoms with Crippen LogP contribution in [0, 0.1) is 5.41 Å². The fraction of sp³-hybridized carbons (Fsp3) is 0.471. The quantitative estimate of drug-likeness (QED) is 0.653. The van der Waals surface area contributed by atoms with E-state index >= 15 is 0 Å². The predicted octanol–water partition coefficient (Wildman–Crippen LogP) is 2.44. The number of nitrogens with one attached hydrogen (secondary N) is 2. The molecular weight excluding hydrogens is 348 g/mol. The molecule has 0 aliphatic heterocycles. The molecule has 1 aliphatic carbocycles. The number of carbonyl (C=O) groups is 3. The second-order valence-electron chi connectivity index (χ2n) is 6.11. The molecule has 2 rings (SSSR count). The highest BCUT2D eigenvalue weighted by molar-refractivity contribution is 6.31. The molecule has 1 fully saturated rings. The largest absolute Gasteiger partial charge is 0.495 e. The highest BCUT2D eigenvalue weighted by Gasteiger charge is 2.45. The van der Waals surface area contributed by atoms with E-state index in [9.17, 15) is 19.5 Å². The zero-order chi connectivity index (χ0) is 18.4. The Labute approximate surface area is 150 Å². The van der Waals surface area contributed by atoms with Crippen molar-refractivity contribution in [2.45, 2.75) is 32.1 Å². The van der Waals surface area contributed by atoms with Gasteiger partial charge in [0.1, 0.15) is 5.75 Å². The molecule has 1 aromatic carbocycles. The van der Waals surface area contributed by atoms with E-state index in [1.165, 1.54) is 7.11 Å². The first kappa shape index (κ1) is 19.1. The predicted molar refractivity (Wildman–Crippen MR) is 92.8 cm³/mol. The van der Waals surface area contributed by atoms with Crippen molar-refractivity contribution in [2.24, 2.45) is 5.41 Å². The number of ether oxygens (including phenoxy) is 1. The minimum absolute atomic E-state index is 0.0495. The summed E-state index contributed by atoms with van der Waals surface area (Å²) in [5.41, 5.74) is -0.480. The first-order valence-corrected chi connectivity index (χ1v) is 8.37. The van der Waals surface area contributed by atoms with Crippen LogP contribution in [0.25, 0.3) is 0 Å². The molecule has 7 nitrogen and oxygen atoms in total. The number of halogens is 1. The summed E-state index contributed by atoms with van der Waals surface area (Å²) >= 11 is 5.90. The van der Waals surface area contributed by atoms with Gasteiger partial charge in [-0.15, -0.1) is 0 Å². The summed E-state index contributed by atoms with van der Waals surface area (Å²) in [6.07, 6.45) is 1.87. The van der Waals surface area contributed by atoms with Crippen LogP contribution in [-0.2, 0) is 14.4 Å². The monoisotopic (exact) mass is 368 g/mol. The molecule has 136 valence electrons. The van der Waals surface area contributed by atoms with Crippen LogP contribution in [0.1, 0.15) is 32.1 Å². The van der Waals surface area contributed by atoms with Crippen LogP contribution in [0.15, 0.2) is 18.2 Å². The van der Waals surface area contributed by atoms with E-state index in [0.29, 0.717) is 29.3 Å². The second kappa shape index (κ2) is 8.20. The number of benzene rings is 1. The summed E-state index contributed by atoms with van der Waals surface area (Å²) in [5, 5.41) is 14.9. The smallest absolute Gasteiger partial charge is 0.310 e. The van der Waals surface area contributed by atoms with Crippen LogP contribution >= 0.6 is 11.6 Å². The van der Waals surface area contributed by atoms with E-state index in [1.807, 2.05) is 0 Å². The number of carbonyl (C=O) groups excluding carboxylic acids is 2. The highest BCUT2D eigenvalue weighted by Crippen LogP contribution is 2.44. The van der Waals surface area contributed by atoms with Crippen molar-refractivity contribution < 1.29 is 24.2 Å². The van der Waals surface area contributed by atoms with E-state index in [1.54, 1.807) is 18.2 Å². The van der Waals surface area contributed by atoms with Crippen LogP contribution in [0.4, 0.5) is 5.69 Å². The molecule has 3 N–H and O–H groups in total. The lowest BCUT2D eigenvalue weighted by atomic mass is 9.66. The Morgan fingerprint density at radius 1 is 1.28 bits per heavy atom. The number of carboxylic acid groups (broad SMARTS) is 1. The van der Waals surface area contributed by atoms with Crippen LogP contribution < -0.4 is 15.4 Å². The Bertz CT molecular complexity index is 673. The average molecular weight is 369 g/mol. The number of amides is 2. The van der Waals surface area contributed by atoms with Gasteiger partial charge in [-0.1, -0.05) is 18.0 Å². The average Bonchev–Trinajstić information content (AvgIpc) is 2.50. The van der Waals surface area contributed by atoms with Crippen molar-refractivity contribution in [3.8, 4) is 5.75 Å². The lowest BCUT2D eigenvalue weighted by molar-refractivity contribution is -0.157. The molecule has 0 heterocycles. The first-order valence-electron chi connectivity index (χ1n) is 8.00. The third-order valence-corrected chi connectivity index (χ3v) is 4.61. The maximum absolute atomic E-state index is 12.0. The van der Waals surface area contributed by atoms with Crippen molar-refractivity contribution in [3.05, 3.63) is 23.2 Å². The third kappa shape index (κ3) is 4.85. The van der Waals surface area contributed by atoms with E-state index < -0.39 is 11.4 Å². The number of anilines is 1. The molecule has 25 heavy (non-hydrogen) atoms. The van der Waals surface area contributed by atoms with Crippen LogP contribution in [0.2, 0.25) is 5.02 Å². The molecule has 0 saturated heterocycles. The maximum Gasteiger partial charge on any atom is 0.310 e. The van der Waals surface area contributed by atoms with Crippen LogP contribution in [-0.4, -0.2) is 36.5 Å². The van der Waals surface area contributed by atoms with Crippen LogP contribution in [0.5, 0.6) is 5.75 Å². The van der Waals surface area contributed by atoms with Gasteiger partial charge in [0.25, 0.3) is 0 Å². The molecule has 0 spiro atoms. The van der Waals surface area contributed by atoms with E-state index in [4.69, 9.17) is 16.3 Å². The second-order valence-corrected chi connectivity index (χ2v) is 6.54. The number of rotatable bonds is 8. The molecule has 1 aliphatic rings. The van der Waals surface area contributed by atoms with Gasteiger partial charge in [-0.3, -0.25) is 14.4 Å². The lowest BCUT2D eigenvalue weighted by Crippen LogP contribution is -2.42. The van der Waals surface area contributed by atoms with Gasteiger partial charge in [-0.25, -0.2) is 0 Å². The Balaban J connectivity index is 1.78. The van der Waals surface area contributed by atoms with Crippen molar-refractivity contribution >= 4 is 35.1 Å². The van der Waals surface area contributed by atoms with Crippen molar-refractivity contribution in [1.29, 1.82) is 0 Å². The molecular formula is C17H21ClN2O5. The molecule has 8 heteroatoms. The van der Waals surface area contributed by atoms with Crippen molar-refractivity contribution in [3.63, 3.8) is 0 Å². The fourth-order valence-electron chi connectivity index (χ4n) is 2.75. The number of hydrogen-bond acceptors (Lipinski definition) is 4. The molecule has 0 aromatic heterocycles. The number of aliphatic carboxylic acids is 1. The molecule has 1 saturated carbocycles. The Kier molecular flexibility index (Phi) is 6.25. The lowest BCUT2D eigenvalue weighted by Gasteiger charge is -2.36. The molecule has 0 unspecified atom stereocenters. The van der Waals surface area contributed by atoms with Crippen LogP contribution in [0.3, 0.4) is 0 Å². The minimum Gasteiger partial charge on any atom is -0.495 e. The SMILES string of the molecule is COc1ccc(Cl)cc1NC(=O)CCNC(=O)CC1(C(=O)O)CCC1. The van der Waals surface area contributed by atoms with Gasteiger partial charge >= 0.3 is 5.97 Å². The van der Waals surface area contributed by atoms with Gasteiger partial charge in [0.15, 0.2) is 0 Å². The third-order valence-electron chi connectivity index (χ3n) is 4.37.